The Hall–Kier alpha value is -3.87. The van der Waals surface area contributed by atoms with E-state index in [-0.39, 0.29) is 23.4 Å². The highest BCUT2D eigenvalue weighted by Crippen LogP contribution is 2.41. The van der Waals surface area contributed by atoms with Gasteiger partial charge in [-0.2, -0.15) is 0 Å². The Kier molecular flexibility index (Phi) is 5.57. The van der Waals surface area contributed by atoms with Gasteiger partial charge in [0.1, 0.15) is 34.9 Å². The maximum absolute atomic E-state index is 13.7. The summed E-state index contributed by atoms with van der Waals surface area (Å²) in [6.07, 6.45) is 0. The Morgan fingerprint density at radius 2 is 1.81 bits per heavy atom. The van der Waals surface area contributed by atoms with Gasteiger partial charge in [-0.05, 0) is 67.4 Å². The third kappa shape index (κ3) is 3.77. The van der Waals surface area contributed by atoms with Crippen molar-refractivity contribution in [3.8, 4) is 5.75 Å². The van der Waals surface area contributed by atoms with E-state index >= 15 is 0 Å². The largest absolute Gasteiger partial charge is 0.507 e. The number of ketones is 1. The van der Waals surface area contributed by atoms with E-state index in [0.717, 1.165) is 5.56 Å². The molecule has 0 saturated carbocycles. The molecule has 1 aromatic heterocycles. The summed E-state index contributed by atoms with van der Waals surface area (Å²) in [5.74, 6) is -0.747. The molecule has 2 heterocycles. The van der Waals surface area contributed by atoms with Gasteiger partial charge in [0.15, 0.2) is 0 Å². The van der Waals surface area contributed by atoms with Crippen LogP contribution in [0, 0.1) is 19.7 Å². The van der Waals surface area contributed by atoms with Crippen molar-refractivity contribution in [1.29, 1.82) is 0 Å². The van der Waals surface area contributed by atoms with Crippen LogP contribution in [0.15, 0.2) is 64.6 Å². The van der Waals surface area contributed by atoms with Crippen molar-refractivity contribution in [2.24, 2.45) is 0 Å². The number of aliphatic hydroxyl groups excluding tert-OH is 1. The number of hydrogen-bond donors (Lipinski definition) is 1. The summed E-state index contributed by atoms with van der Waals surface area (Å²) in [7, 11) is 1.56. The predicted octanol–water partition coefficient (Wildman–Crippen LogP) is 4.67. The lowest BCUT2D eigenvalue weighted by Crippen LogP contribution is -2.29. The molecule has 1 unspecified atom stereocenters. The van der Waals surface area contributed by atoms with Gasteiger partial charge < -0.3 is 19.2 Å². The van der Waals surface area contributed by atoms with Crippen molar-refractivity contribution in [3.63, 3.8) is 0 Å². The first-order valence-corrected chi connectivity index (χ1v) is 10.0. The molecule has 0 bridgehead atoms. The molecule has 32 heavy (non-hydrogen) atoms. The van der Waals surface area contributed by atoms with Crippen LogP contribution in [0.25, 0.3) is 5.76 Å². The molecule has 4 rings (SSSR count). The second-order valence-electron chi connectivity index (χ2n) is 7.69. The smallest absolute Gasteiger partial charge is 0.296 e. The second-order valence-corrected chi connectivity index (χ2v) is 7.69. The van der Waals surface area contributed by atoms with Gasteiger partial charge in [0.25, 0.3) is 11.7 Å². The minimum Gasteiger partial charge on any atom is -0.507 e. The number of benzene rings is 2. The number of methoxy groups -OCH3 is 1. The van der Waals surface area contributed by atoms with Gasteiger partial charge in [0, 0.05) is 12.1 Å². The van der Waals surface area contributed by atoms with Crippen molar-refractivity contribution >= 4 is 17.4 Å². The average Bonchev–Trinajstić information content (AvgIpc) is 3.32. The van der Waals surface area contributed by atoms with Crippen LogP contribution in [0.2, 0.25) is 0 Å². The summed E-state index contributed by atoms with van der Waals surface area (Å²) in [5.41, 5.74) is 1.24. The second kappa shape index (κ2) is 8.34. The Morgan fingerprint density at radius 1 is 1.09 bits per heavy atom. The van der Waals surface area contributed by atoms with E-state index in [4.69, 9.17) is 9.15 Å². The molecule has 1 amide bonds. The van der Waals surface area contributed by atoms with E-state index in [1.165, 1.54) is 23.1 Å². The van der Waals surface area contributed by atoms with Gasteiger partial charge in [-0.25, -0.2) is 4.39 Å². The van der Waals surface area contributed by atoms with Crippen LogP contribution in [0.5, 0.6) is 5.75 Å². The van der Waals surface area contributed by atoms with Crippen LogP contribution < -0.4 is 4.74 Å². The van der Waals surface area contributed by atoms with Crippen LogP contribution >= 0.6 is 0 Å². The summed E-state index contributed by atoms with van der Waals surface area (Å²) in [6, 6.07) is 13.6. The van der Waals surface area contributed by atoms with E-state index in [9.17, 15) is 19.1 Å². The van der Waals surface area contributed by atoms with Gasteiger partial charge in [-0.3, -0.25) is 9.59 Å². The van der Waals surface area contributed by atoms with Crippen molar-refractivity contribution in [3.05, 3.63) is 94.2 Å². The van der Waals surface area contributed by atoms with Gasteiger partial charge in [0.2, 0.25) is 0 Å². The monoisotopic (exact) mass is 435 g/mol. The van der Waals surface area contributed by atoms with E-state index in [1.807, 2.05) is 0 Å². The van der Waals surface area contributed by atoms with Crippen LogP contribution in [0.3, 0.4) is 0 Å². The number of furan rings is 1. The molecule has 1 aliphatic heterocycles. The highest BCUT2D eigenvalue weighted by Gasteiger charge is 2.47. The third-order valence-electron chi connectivity index (χ3n) is 5.51. The first-order valence-electron chi connectivity index (χ1n) is 10.0. The number of carbonyl (C=O) groups is 2. The van der Waals surface area contributed by atoms with E-state index in [1.54, 1.807) is 57.4 Å². The molecule has 7 heteroatoms. The number of aryl methyl sites for hydroxylation is 2. The van der Waals surface area contributed by atoms with E-state index in [0.29, 0.717) is 22.8 Å². The molecule has 3 aromatic rings. The zero-order valence-electron chi connectivity index (χ0n) is 17.9. The molecule has 0 aliphatic carbocycles. The van der Waals surface area contributed by atoms with Gasteiger partial charge in [-0.15, -0.1) is 0 Å². The standard InChI is InChI=1S/C25H22FNO5/c1-14-12-17(7-10-19(14)26)23(28)21-22(20-11-4-15(2)32-20)27(25(30)24(21)29)13-16-5-8-18(31-3)9-6-16/h4-12,22,28H,13H2,1-3H3/b23-21-. The first kappa shape index (κ1) is 21.4. The minimum absolute atomic E-state index is 0.0936. The van der Waals surface area contributed by atoms with E-state index in [2.05, 4.69) is 0 Å². The molecule has 1 fully saturated rings. The van der Waals surface area contributed by atoms with Crippen molar-refractivity contribution < 1.29 is 28.2 Å². The molecular formula is C25H22FNO5. The van der Waals surface area contributed by atoms with Crippen LogP contribution in [0.4, 0.5) is 4.39 Å². The average molecular weight is 435 g/mol. The zero-order chi connectivity index (χ0) is 23.0. The highest BCUT2D eigenvalue weighted by molar-refractivity contribution is 6.46. The van der Waals surface area contributed by atoms with Crippen molar-refractivity contribution in [2.75, 3.05) is 7.11 Å². The lowest BCUT2D eigenvalue weighted by molar-refractivity contribution is -0.140. The Balaban J connectivity index is 1.82. The molecule has 1 saturated heterocycles. The van der Waals surface area contributed by atoms with Crippen LogP contribution in [0.1, 0.15) is 34.3 Å². The summed E-state index contributed by atoms with van der Waals surface area (Å²) in [5, 5.41) is 11.0. The quantitative estimate of drug-likeness (QED) is 0.358. The molecule has 0 radical (unpaired) electrons. The number of nitrogens with zero attached hydrogens (tertiary/aromatic N) is 1. The topological polar surface area (TPSA) is 80.0 Å². The summed E-state index contributed by atoms with van der Waals surface area (Å²) in [6.45, 7) is 3.43. The maximum atomic E-state index is 13.7. The number of carbonyl (C=O) groups excluding carboxylic acids is 2. The van der Waals surface area contributed by atoms with Gasteiger partial charge >= 0.3 is 0 Å². The fraction of sp³-hybridized carbons (Fsp3) is 0.200. The number of amides is 1. The number of ether oxygens (including phenoxy) is 1. The lowest BCUT2D eigenvalue weighted by atomic mass is 9.98. The SMILES string of the molecule is COc1ccc(CN2C(=O)C(=O)/C(=C(\O)c3ccc(F)c(C)c3)C2c2ccc(C)o2)cc1. The summed E-state index contributed by atoms with van der Waals surface area (Å²) < 4.78 is 24.7. The van der Waals surface area contributed by atoms with Gasteiger partial charge in [0.05, 0.1) is 12.7 Å². The summed E-state index contributed by atoms with van der Waals surface area (Å²) >= 11 is 0. The fourth-order valence-corrected chi connectivity index (χ4v) is 3.81. The normalized spacial score (nSPS) is 17.8. The Bertz CT molecular complexity index is 1230. The molecular weight excluding hydrogens is 413 g/mol. The fourth-order valence-electron chi connectivity index (χ4n) is 3.81. The highest BCUT2D eigenvalue weighted by atomic mass is 19.1. The Labute approximate surface area is 184 Å². The van der Waals surface area contributed by atoms with Crippen molar-refractivity contribution in [1.82, 2.24) is 4.90 Å². The first-order chi connectivity index (χ1) is 15.3. The molecule has 0 spiro atoms. The van der Waals surface area contributed by atoms with Crippen LogP contribution in [-0.4, -0.2) is 28.8 Å². The zero-order valence-corrected chi connectivity index (χ0v) is 17.9. The molecule has 6 nitrogen and oxygen atoms in total. The molecule has 164 valence electrons. The van der Waals surface area contributed by atoms with E-state index < -0.39 is 23.5 Å². The van der Waals surface area contributed by atoms with Crippen LogP contribution in [-0.2, 0) is 16.1 Å². The minimum atomic E-state index is -0.920. The summed E-state index contributed by atoms with van der Waals surface area (Å²) in [4.78, 5) is 27.4. The number of aliphatic hydroxyl groups is 1. The Morgan fingerprint density at radius 3 is 2.41 bits per heavy atom. The van der Waals surface area contributed by atoms with Crippen molar-refractivity contribution in [2.45, 2.75) is 26.4 Å². The lowest BCUT2D eigenvalue weighted by Gasteiger charge is -2.23. The predicted molar refractivity (Wildman–Crippen MR) is 115 cm³/mol. The maximum Gasteiger partial charge on any atom is 0.296 e. The molecule has 2 aromatic carbocycles. The molecule has 1 N–H and O–H groups in total. The molecule has 1 aliphatic rings. The number of hydrogen-bond acceptors (Lipinski definition) is 5. The number of rotatable bonds is 5. The number of halogens is 1. The van der Waals surface area contributed by atoms with Gasteiger partial charge in [-0.1, -0.05) is 12.1 Å². The third-order valence-corrected chi connectivity index (χ3v) is 5.51. The molecule has 1 atom stereocenters. The number of Topliss-reactive ketones (excluding diaryl/α,β-unsaturated/α-hetero) is 1. The number of likely N-dealkylation sites (tertiary alicyclic amines) is 1.